The molecule has 1 aliphatic rings. The number of benzene rings is 1. The van der Waals surface area contributed by atoms with E-state index in [0.717, 1.165) is 5.82 Å². The summed E-state index contributed by atoms with van der Waals surface area (Å²) in [6, 6.07) is 7.78. The number of nitrogens with zero attached hydrogens (tertiary/aromatic N) is 5. The maximum absolute atomic E-state index is 12.7. The van der Waals surface area contributed by atoms with Gasteiger partial charge in [-0.05, 0) is 13.0 Å². The fraction of sp³-hybridized carbons (Fsp3) is 0.353. The van der Waals surface area contributed by atoms with Crippen molar-refractivity contribution in [3.05, 3.63) is 51.8 Å². The Bertz CT molecular complexity index is 834. The molecule has 1 aromatic carbocycles. The molecule has 2 heterocycles. The Morgan fingerprint density at radius 3 is 2.54 bits per heavy atom. The molecule has 1 saturated heterocycles. The van der Waals surface area contributed by atoms with E-state index < -0.39 is 4.92 Å². The average Bonchev–Trinajstić information content (AvgIpc) is 2.67. The lowest BCUT2D eigenvalue weighted by atomic mass is 10.1. The highest BCUT2D eigenvalue weighted by Crippen LogP contribution is 2.22. The van der Waals surface area contributed by atoms with Gasteiger partial charge in [0, 0.05) is 38.3 Å². The topological polar surface area (TPSA) is 102 Å². The summed E-state index contributed by atoms with van der Waals surface area (Å²) in [6.07, 6.45) is 0. The first-order chi connectivity index (χ1) is 12.5. The SMILES string of the molecule is COc1cc(N2CCN(C(=O)c3ccccc3[N+](=O)[O-])CC2)nc(C)n1. The molecule has 0 spiro atoms. The van der Waals surface area contributed by atoms with E-state index >= 15 is 0 Å². The van der Waals surface area contributed by atoms with Gasteiger partial charge >= 0.3 is 0 Å². The molecule has 0 saturated carbocycles. The number of carbonyl (C=O) groups excluding carboxylic acids is 1. The highest BCUT2D eigenvalue weighted by Gasteiger charge is 2.27. The zero-order chi connectivity index (χ0) is 18.7. The quantitative estimate of drug-likeness (QED) is 0.606. The van der Waals surface area contributed by atoms with Crippen LogP contribution in [-0.4, -0.2) is 59.0 Å². The number of rotatable bonds is 4. The summed E-state index contributed by atoms with van der Waals surface area (Å²) in [7, 11) is 1.55. The number of methoxy groups -OCH3 is 1. The Morgan fingerprint density at radius 1 is 1.19 bits per heavy atom. The predicted molar refractivity (Wildman–Crippen MR) is 94.5 cm³/mol. The van der Waals surface area contributed by atoms with Crippen molar-refractivity contribution in [3.63, 3.8) is 0 Å². The Labute approximate surface area is 150 Å². The molecule has 0 unspecified atom stereocenters. The number of piperazine rings is 1. The number of amides is 1. The fourth-order valence-electron chi connectivity index (χ4n) is 2.91. The Kier molecular flexibility index (Phi) is 4.97. The summed E-state index contributed by atoms with van der Waals surface area (Å²) in [5.41, 5.74) is -0.0541. The second-order valence-corrected chi connectivity index (χ2v) is 5.87. The number of carbonyl (C=O) groups is 1. The minimum absolute atomic E-state index is 0.116. The Balaban J connectivity index is 1.72. The van der Waals surface area contributed by atoms with Crippen molar-refractivity contribution in [2.45, 2.75) is 6.92 Å². The highest BCUT2D eigenvalue weighted by molar-refractivity contribution is 5.98. The van der Waals surface area contributed by atoms with Crippen molar-refractivity contribution >= 4 is 17.4 Å². The van der Waals surface area contributed by atoms with Crippen LogP contribution in [0.1, 0.15) is 16.2 Å². The predicted octanol–water partition coefficient (Wildman–Crippen LogP) is 1.66. The van der Waals surface area contributed by atoms with Gasteiger partial charge in [0.15, 0.2) is 0 Å². The second kappa shape index (κ2) is 7.34. The molecular formula is C17H19N5O4. The van der Waals surface area contributed by atoms with E-state index in [1.807, 2.05) is 4.90 Å². The molecule has 0 N–H and O–H groups in total. The zero-order valence-corrected chi connectivity index (χ0v) is 14.6. The molecule has 136 valence electrons. The van der Waals surface area contributed by atoms with Crippen LogP contribution in [-0.2, 0) is 0 Å². The molecule has 2 aromatic rings. The summed E-state index contributed by atoms with van der Waals surface area (Å²) in [5.74, 6) is 1.52. The largest absolute Gasteiger partial charge is 0.481 e. The molecular weight excluding hydrogens is 338 g/mol. The van der Waals surface area contributed by atoms with Gasteiger partial charge in [-0.15, -0.1) is 0 Å². The van der Waals surface area contributed by atoms with Crippen LogP contribution in [0.3, 0.4) is 0 Å². The van der Waals surface area contributed by atoms with Gasteiger partial charge < -0.3 is 14.5 Å². The summed E-state index contributed by atoms with van der Waals surface area (Å²) in [6.45, 7) is 3.85. The van der Waals surface area contributed by atoms with Crippen molar-refractivity contribution < 1.29 is 14.5 Å². The second-order valence-electron chi connectivity index (χ2n) is 5.87. The monoisotopic (exact) mass is 357 g/mol. The van der Waals surface area contributed by atoms with E-state index in [0.29, 0.717) is 37.9 Å². The van der Waals surface area contributed by atoms with Crippen LogP contribution in [0.15, 0.2) is 30.3 Å². The molecule has 3 rings (SSSR count). The molecule has 1 aromatic heterocycles. The van der Waals surface area contributed by atoms with Crippen LogP contribution >= 0.6 is 0 Å². The fourth-order valence-corrected chi connectivity index (χ4v) is 2.91. The van der Waals surface area contributed by atoms with Gasteiger partial charge in [-0.1, -0.05) is 12.1 Å². The summed E-state index contributed by atoms with van der Waals surface area (Å²) in [5, 5.41) is 11.1. The lowest BCUT2D eigenvalue weighted by molar-refractivity contribution is -0.385. The summed E-state index contributed by atoms with van der Waals surface area (Å²) >= 11 is 0. The van der Waals surface area contributed by atoms with Crippen molar-refractivity contribution in [1.82, 2.24) is 14.9 Å². The lowest BCUT2D eigenvalue weighted by Crippen LogP contribution is -2.49. The van der Waals surface area contributed by atoms with Crippen LogP contribution in [0, 0.1) is 17.0 Å². The van der Waals surface area contributed by atoms with Gasteiger partial charge in [-0.2, -0.15) is 4.98 Å². The molecule has 1 fully saturated rings. The third kappa shape index (κ3) is 3.56. The van der Waals surface area contributed by atoms with Crippen molar-refractivity contribution in [2.75, 3.05) is 38.2 Å². The number of aryl methyl sites for hydroxylation is 1. The molecule has 0 aliphatic carbocycles. The molecule has 1 aliphatic heterocycles. The molecule has 9 heteroatoms. The van der Waals surface area contributed by atoms with E-state index in [1.54, 1.807) is 37.1 Å². The average molecular weight is 357 g/mol. The molecule has 0 radical (unpaired) electrons. The van der Waals surface area contributed by atoms with Crippen LogP contribution in [0.25, 0.3) is 0 Å². The number of para-hydroxylation sites is 1. The van der Waals surface area contributed by atoms with Crippen molar-refractivity contribution in [1.29, 1.82) is 0 Å². The number of aromatic nitrogens is 2. The Morgan fingerprint density at radius 2 is 1.88 bits per heavy atom. The lowest BCUT2D eigenvalue weighted by Gasteiger charge is -2.35. The van der Waals surface area contributed by atoms with E-state index in [-0.39, 0.29) is 17.2 Å². The van der Waals surface area contributed by atoms with Gasteiger partial charge in [-0.25, -0.2) is 4.98 Å². The number of nitro benzene ring substituents is 1. The minimum atomic E-state index is -0.528. The van der Waals surface area contributed by atoms with E-state index in [9.17, 15) is 14.9 Å². The van der Waals surface area contributed by atoms with E-state index in [4.69, 9.17) is 4.74 Å². The zero-order valence-electron chi connectivity index (χ0n) is 14.6. The number of ether oxygens (including phenoxy) is 1. The van der Waals surface area contributed by atoms with Gasteiger partial charge in [0.1, 0.15) is 17.2 Å². The first kappa shape index (κ1) is 17.6. The normalized spacial score (nSPS) is 14.2. The van der Waals surface area contributed by atoms with Crippen LogP contribution < -0.4 is 9.64 Å². The molecule has 0 atom stereocenters. The maximum atomic E-state index is 12.7. The number of hydrogen-bond donors (Lipinski definition) is 0. The third-order valence-corrected chi connectivity index (χ3v) is 4.23. The number of hydrogen-bond acceptors (Lipinski definition) is 7. The standard InChI is InChI=1S/C17H19N5O4/c1-12-18-15(11-16(19-12)26-2)20-7-9-21(10-8-20)17(23)13-5-3-4-6-14(13)22(24)25/h3-6,11H,7-10H2,1-2H3. The Hall–Kier alpha value is -3.23. The summed E-state index contributed by atoms with van der Waals surface area (Å²) in [4.78, 5) is 35.5. The van der Waals surface area contributed by atoms with Gasteiger partial charge in [0.05, 0.1) is 12.0 Å². The van der Waals surface area contributed by atoms with Crippen LogP contribution in [0.4, 0.5) is 11.5 Å². The van der Waals surface area contributed by atoms with Crippen LogP contribution in [0.5, 0.6) is 5.88 Å². The van der Waals surface area contributed by atoms with Crippen molar-refractivity contribution in [3.8, 4) is 5.88 Å². The summed E-state index contributed by atoms with van der Waals surface area (Å²) < 4.78 is 5.17. The maximum Gasteiger partial charge on any atom is 0.282 e. The smallest absolute Gasteiger partial charge is 0.282 e. The molecule has 26 heavy (non-hydrogen) atoms. The highest BCUT2D eigenvalue weighted by atomic mass is 16.6. The first-order valence-electron chi connectivity index (χ1n) is 8.17. The minimum Gasteiger partial charge on any atom is -0.481 e. The van der Waals surface area contributed by atoms with E-state index in [1.165, 1.54) is 12.1 Å². The van der Waals surface area contributed by atoms with Crippen LogP contribution in [0.2, 0.25) is 0 Å². The van der Waals surface area contributed by atoms with E-state index in [2.05, 4.69) is 9.97 Å². The number of nitro groups is 1. The third-order valence-electron chi connectivity index (χ3n) is 4.23. The first-order valence-corrected chi connectivity index (χ1v) is 8.17. The van der Waals surface area contributed by atoms with Gasteiger partial charge in [-0.3, -0.25) is 14.9 Å². The van der Waals surface area contributed by atoms with Gasteiger partial charge in [0.25, 0.3) is 11.6 Å². The molecule has 9 nitrogen and oxygen atoms in total. The molecule has 0 bridgehead atoms. The van der Waals surface area contributed by atoms with Crippen molar-refractivity contribution in [2.24, 2.45) is 0 Å². The number of anilines is 1. The molecule has 1 amide bonds. The van der Waals surface area contributed by atoms with Gasteiger partial charge in [0.2, 0.25) is 5.88 Å².